The maximum atomic E-state index is 12.6. The van der Waals surface area contributed by atoms with Gasteiger partial charge in [0.25, 0.3) is 0 Å². The van der Waals surface area contributed by atoms with E-state index < -0.39 is 14.4 Å². The third-order valence-electron chi connectivity index (χ3n) is 1.26. The molecule has 0 spiro atoms. The number of rotatable bonds is 2. The molecule has 0 aliphatic heterocycles. The van der Waals surface area contributed by atoms with Gasteiger partial charge < -0.3 is 5.32 Å². The third kappa shape index (κ3) is 2.48. The molecule has 1 aromatic rings. The standard InChI is InChI=1S/C6H7FN2O3S2/c1-3-5(14(7,11)12)13-6(8-3)9-4(2)10/h1-2H3,(H,8,9,10). The van der Waals surface area contributed by atoms with Crippen LogP contribution in [0, 0.1) is 6.92 Å². The second kappa shape index (κ2) is 3.62. The molecule has 1 N–H and O–H groups in total. The highest BCUT2D eigenvalue weighted by atomic mass is 32.3. The van der Waals surface area contributed by atoms with Gasteiger partial charge in [0.2, 0.25) is 5.91 Å². The molecule has 0 aromatic carbocycles. The van der Waals surface area contributed by atoms with Crippen LogP contribution in [0.3, 0.4) is 0 Å². The monoisotopic (exact) mass is 238 g/mol. The van der Waals surface area contributed by atoms with E-state index in [4.69, 9.17) is 0 Å². The zero-order valence-corrected chi connectivity index (χ0v) is 9.00. The molecule has 1 amide bonds. The van der Waals surface area contributed by atoms with Gasteiger partial charge in [0.05, 0.1) is 5.69 Å². The molecular weight excluding hydrogens is 231 g/mol. The van der Waals surface area contributed by atoms with Crippen LogP contribution in [0.5, 0.6) is 0 Å². The number of nitrogens with zero attached hydrogens (tertiary/aromatic N) is 1. The number of aromatic nitrogens is 1. The topological polar surface area (TPSA) is 76.1 Å². The lowest BCUT2D eigenvalue weighted by molar-refractivity contribution is -0.114. The minimum atomic E-state index is -4.74. The summed E-state index contributed by atoms with van der Waals surface area (Å²) in [5, 5.41) is 2.35. The Morgan fingerprint density at radius 3 is 2.50 bits per heavy atom. The van der Waals surface area contributed by atoms with Gasteiger partial charge in [-0.05, 0) is 6.92 Å². The van der Waals surface area contributed by atoms with Crippen LogP contribution in [0.25, 0.3) is 0 Å². The minimum absolute atomic E-state index is 0.0428. The number of amides is 1. The molecule has 0 unspecified atom stereocenters. The number of nitrogens with one attached hydrogen (secondary N) is 1. The highest BCUT2D eigenvalue weighted by molar-refractivity contribution is 7.88. The van der Waals surface area contributed by atoms with Crippen molar-refractivity contribution in [1.29, 1.82) is 0 Å². The van der Waals surface area contributed by atoms with Crippen LogP contribution in [0.15, 0.2) is 4.21 Å². The molecule has 0 bridgehead atoms. The van der Waals surface area contributed by atoms with E-state index in [1.165, 1.54) is 13.8 Å². The highest BCUT2D eigenvalue weighted by Crippen LogP contribution is 2.28. The highest BCUT2D eigenvalue weighted by Gasteiger charge is 2.20. The summed E-state index contributed by atoms with van der Waals surface area (Å²) in [6.07, 6.45) is 0. The lowest BCUT2D eigenvalue weighted by atomic mass is 10.6. The van der Waals surface area contributed by atoms with Crippen LogP contribution in [0.1, 0.15) is 12.6 Å². The number of thiazole rings is 1. The van der Waals surface area contributed by atoms with Crippen molar-refractivity contribution < 1.29 is 17.1 Å². The van der Waals surface area contributed by atoms with Crippen molar-refractivity contribution in [3.8, 4) is 0 Å². The molecule has 0 radical (unpaired) electrons. The zero-order valence-electron chi connectivity index (χ0n) is 7.37. The van der Waals surface area contributed by atoms with E-state index in [1.807, 2.05) is 0 Å². The van der Waals surface area contributed by atoms with E-state index in [0.717, 1.165) is 0 Å². The van der Waals surface area contributed by atoms with Crippen LogP contribution >= 0.6 is 11.3 Å². The van der Waals surface area contributed by atoms with E-state index in [0.29, 0.717) is 11.3 Å². The lowest BCUT2D eigenvalue weighted by Crippen LogP contribution is -2.04. The fourth-order valence-electron chi connectivity index (χ4n) is 0.813. The van der Waals surface area contributed by atoms with Crippen molar-refractivity contribution in [2.75, 3.05) is 5.32 Å². The second-order valence-electron chi connectivity index (χ2n) is 2.51. The minimum Gasteiger partial charge on any atom is -0.302 e. The Labute approximate surface area is 84.2 Å². The molecule has 8 heteroatoms. The summed E-state index contributed by atoms with van der Waals surface area (Å²) in [6.45, 7) is 2.61. The van der Waals surface area contributed by atoms with Crippen molar-refractivity contribution in [3.63, 3.8) is 0 Å². The quantitative estimate of drug-likeness (QED) is 0.782. The molecule has 0 fully saturated rings. The first kappa shape index (κ1) is 11.1. The van der Waals surface area contributed by atoms with Gasteiger partial charge in [0, 0.05) is 6.92 Å². The normalized spacial score (nSPS) is 11.4. The largest absolute Gasteiger partial charge is 0.343 e. The molecule has 0 saturated carbocycles. The van der Waals surface area contributed by atoms with E-state index in [2.05, 4.69) is 10.3 Å². The van der Waals surface area contributed by atoms with Gasteiger partial charge in [-0.15, -0.1) is 0 Å². The number of halogens is 1. The SMILES string of the molecule is CC(=O)Nc1nc(C)c(S(=O)(=O)F)s1. The van der Waals surface area contributed by atoms with Crippen molar-refractivity contribution in [2.24, 2.45) is 0 Å². The summed E-state index contributed by atoms with van der Waals surface area (Å²) >= 11 is 0.589. The Morgan fingerprint density at radius 2 is 2.14 bits per heavy atom. The van der Waals surface area contributed by atoms with Gasteiger partial charge in [0.15, 0.2) is 9.34 Å². The first-order valence-electron chi connectivity index (χ1n) is 3.50. The molecule has 0 aliphatic carbocycles. The number of carbonyl (C=O) groups excluding carboxylic acids is 1. The van der Waals surface area contributed by atoms with Crippen molar-refractivity contribution in [2.45, 2.75) is 18.1 Å². The molecule has 14 heavy (non-hydrogen) atoms. The molecule has 1 rings (SSSR count). The summed E-state index contributed by atoms with van der Waals surface area (Å²) in [5.41, 5.74) is 0.0428. The number of carbonyl (C=O) groups is 1. The Morgan fingerprint density at radius 1 is 1.57 bits per heavy atom. The Bertz CT molecular complexity index is 465. The predicted molar refractivity (Wildman–Crippen MR) is 49.4 cm³/mol. The fourth-order valence-corrected chi connectivity index (χ4v) is 2.59. The second-order valence-corrected chi connectivity index (χ2v) is 5.05. The molecule has 78 valence electrons. The smallest absolute Gasteiger partial charge is 0.302 e. The molecule has 5 nitrogen and oxygen atoms in total. The first-order chi connectivity index (χ1) is 6.30. The van der Waals surface area contributed by atoms with E-state index >= 15 is 0 Å². The number of anilines is 1. The number of hydrogen-bond donors (Lipinski definition) is 1. The van der Waals surface area contributed by atoms with Crippen molar-refractivity contribution in [3.05, 3.63) is 5.69 Å². The van der Waals surface area contributed by atoms with Crippen LogP contribution in [-0.4, -0.2) is 19.3 Å². The van der Waals surface area contributed by atoms with Gasteiger partial charge in [0.1, 0.15) is 0 Å². The Balaban J connectivity index is 3.12. The first-order valence-corrected chi connectivity index (χ1v) is 5.70. The average Bonchev–Trinajstić information content (AvgIpc) is 2.27. The average molecular weight is 238 g/mol. The van der Waals surface area contributed by atoms with Crippen LogP contribution in [0.4, 0.5) is 9.02 Å². The summed E-state index contributed by atoms with van der Waals surface area (Å²) in [7, 11) is -4.74. The predicted octanol–water partition coefficient (Wildman–Crippen LogP) is 1.07. The maximum absolute atomic E-state index is 12.6. The summed E-state index contributed by atoms with van der Waals surface area (Å²) in [6, 6.07) is 0. The molecule has 0 saturated heterocycles. The van der Waals surface area contributed by atoms with E-state index in [1.54, 1.807) is 0 Å². The molecule has 0 aliphatic rings. The van der Waals surface area contributed by atoms with Crippen LogP contribution in [0.2, 0.25) is 0 Å². The van der Waals surface area contributed by atoms with Crippen LogP contribution < -0.4 is 5.32 Å². The van der Waals surface area contributed by atoms with E-state index in [9.17, 15) is 17.1 Å². The third-order valence-corrected chi connectivity index (χ3v) is 3.71. The molecule has 0 atom stereocenters. The summed E-state index contributed by atoms with van der Waals surface area (Å²) < 4.78 is 33.2. The molecule has 1 aromatic heterocycles. The molecular formula is C6H7FN2O3S2. The van der Waals surface area contributed by atoms with Crippen LogP contribution in [-0.2, 0) is 15.0 Å². The summed E-state index contributed by atoms with van der Waals surface area (Å²) in [5.74, 6) is -0.387. The zero-order chi connectivity index (χ0) is 10.9. The van der Waals surface area contributed by atoms with Gasteiger partial charge in [-0.3, -0.25) is 4.79 Å². The number of hydrogen-bond acceptors (Lipinski definition) is 5. The van der Waals surface area contributed by atoms with Crippen molar-refractivity contribution in [1.82, 2.24) is 4.98 Å². The van der Waals surface area contributed by atoms with Gasteiger partial charge in [-0.1, -0.05) is 15.2 Å². The Hall–Kier alpha value is -1.02. The van der Waals surface area contributed by atoms with Gasteiger partial charge in [-0.25, -0.2) is 4.98 Å². The van der Waals surface area contributed by atoms with Gasteiger partial charge in [-0.2, -0.15) is 8.42 Å². The van der Waals surface area contributed by atoms with Gasteiger partial charge >= 0.3 is 10.2 Å². The molecule has 1 heterocycles. The maximum Gasteiger partial charge on any atom is 0.343 e. The van der Waals surface area contributed by atoms with Crippen molar-refractivity contribution >= 4 is 32.6 Å². The Kier molecular flexibility index (Phi) is 2.86. The fraction of sp³-hybridized carbons (Fsp3) is 0.333. The summed E-state index contributed by atoms with van der Waals surface area (Å²) in [4.78, 5) is 14.3. The van der Waals surface area contributed by atoms with E-state index in [-0.39, 0.29) is 16.7 Å². The number of aryl methyl sites for hydroxylation is 1. The lowest BCUT2D eigenvalue weighted by Gasteiger charge is -1.91.